The van der Waals surface area contributed by atoms with Gasteiger partial charge < -0.3 is 5.11 Å². The normalized spacial score (nSPS) is 15.9. The second-order valence-electron chi connectivity index (χ2n) is 6.53. The van der Waals surface area contributed by atoms with Crippen LogP contribution < -0.4 is 5.43 Å². The summed E-state index contributed by atoms with van der Waals surface area (Å²) in [5.74, 6) is 0.0643. The lowest BCUT2D eigenvalue weighted by Gasteiger charge is -2.34. The molecule has 7 heteroatoms. The molecule has 1 saturated heterocycles. The highest BCUT2D eigenvalue weighted by Gasteiger charge is 2.19. The van der Waals surface area contributed by atoms with Gasteiger partial charge in [-0.2, -0.15) is 5.10 Å². The van der Waals surface area contributed by atoms with Crippen LogP contribution in [-0.4, -0.2) is 59.8 Å². The standard InChI is InChI=1S/C20H23ClN4O2/c21-19-4-2-1-3-17(19)14-24-9-11-25(12-10-24)15-20(27)23-22-13-16-5-7-18(26)8-6-16/h1-8,13,26H,9-12,14-15H2,(H,23,27)/b22-13+. The number of amides is 1. The smallest absolute Gasteiger partial charge is 0.254 e. The molecule has 27 heavy (non-hydrogen) atoms. The highest BCUT2D eigenvalue weighted by molar-refractivity contribution is 6.31. The highest BCUT2D eigenvalue weighted by Crippen LogP contribution is 2.17. The lowest BCUT2D eigenvalue weighted by atomic mass is 10.2. The summed E-state index contributed by atoms with van der Waals surface area (Å²) in [5, 5.41) is 14.0. The van der Waals surface area contributed by atoms with E-state index in [1.54, 1.807) is 30.5 Å². The van der Waals surface area contributed by atoms with E-state index in [-0.39, 0.29) is 11.7 Å². The van der Waals surface area contributed by atoms with Crippen molar-refractivity contribution in [3.05, 3.63) is 64.7 Å². The first-order chi connectivity index (χ1) is 13.1. The fraction of sp³-hybridized carbons (Fsp3) is 0.300. The molecule has 142 valence electrons. The molecular weight excluding hydrogens is 364 g/mol. The Labute approximate surface area is 164 Å². The third kappa shape index (κ3) is 6.06. The zero-order valence-electron chi connectivity index (χ0n) is 15.0. The maximum absolute atomic E-state index is 12.0. The number of hydrogen-bond acceptors (Lipinski definition) is 5. The van der Waals surface area contributed by atoms with Crippen molar-refractivity contribution in [3.8, 4) is 5.75 Å². The molecule has 1 aliphatic heterocycles. The summed E-state index contributed by atoms with van der Waals surface area (Å²) in [6.45, 7) is 4.62. The quantitative estimate of drug-likeness (QED) is 0.590. The molecule has 1 fully saturated rings. The van der Waals surface area contributed by atoms with Crippen molar-refractivity contribution in [2.45, 2.75) is 6.54 Å². The number of benzene rings is 2. The van der Waals surface area contributed by atoms with Crippen LogP contribution in [0.3, 0.4) is 0 Å². The van der Waals surface area contributed by atoms with Crippen LogP contribution in [0, 0.1) is 0 Å². The van der Waals surface area contributed by atoms with Gasteiger partial charge >= 0.3 is 0 Å². The molecule has 0 radical (unpaired) electrons. The summed E-state index contributed by atoms with van der Waals surface area (Å²) in [4.78, 5) is 16.5. The second-order valence-corrected chi connectivity index (χ2v) is 6.94. The van der Waals surface area contributed by atoms with Gasteiger partial charge in [-0.25, -0.2) is 5.43 Å². The van der Waals surface area contributed by atoms with Crippen molar-refractivity contribution in [1.82, 2.24) is 15.2 Å². The second kappa shape index (κ2) is 9.50. The van der Waals surface area contributed by atoms with Crippen molar-refractivity contribution in [2.24, 2.45) is 5.10 Å². The first kappa shape index (κ1) is 19.4. The van der Waals surface area contributed by atoms with E-state index in [9.17, 15) is 9.90 Å². The molecule has 0 spiro atoms. The molecule has 1 amide bonds. The minimum absolute atomic E-state index is 0.135. The van der Waals surface area contributed by atoms with Gasteiger partial charge in [-0.05, 0) is 41.5 Å². The van der Waals surface area contributed by atoms with Gasteiger partial charge in [0.2, 0.25) is 0 Å². The molecule has 2 aromatic carbocycles. The highest BCUT2D eigenvalue weighted by atomic mass is 35.5. The predicted molar refractivity (Wildman–Crippen MR) is 107 cm³/mol. The third-order valence-electron chi connectivity index (χ3n) is 4.48. The maximum atomic E-state index is 12.0. The number of nitrogens with one attached hydrogen (secondary N) is 1. The Morgan fingerprint density at radius 2 is 1.74 bits per heavy atom. The summed E-state index contributed by atoms with van der Waals surface area (Å²) in [6, 6.07) is 14.5. The van der Waals surface area contributed by atoms with Gasteiger partial charge in [0, 0.05) is 37.7 Å². The van der Waals surface area contributed by atoms with Crippen LogP contribution >= 0.6 is 11.6 Å². The molecule has 3 rings (SSSR count). The van der Waals surface area contributed by atoms with Crippen LogP contribution in [0.4, 0.5) is 0 Å². The number of hydrogen-bond donors (Lipinski definition) is 2. The lowest BCUT2D eigenvalue weighted by Crippen LogP contribution is -2.48. The fourth-order valence-corrected chi connectivity index (χ4v) is 3.15. The SMILES string of the molecule is O=C(CN1CCN(Cc2ccccc2Cl)CC1)N/N=C/c1ccc(O)cc1. The van der Waals surface area contributed by atoms with Crippen LogP contribution in [0.2, 0.25) is 5.02 Å². The Morgan fingerprint density at radius 1 is 1.07 bits per heavy atom. The molecule has 0 aliphatic carbocycles. The molecule has 2 N–H and O–H groups in total. The van der Waals surface area contributed by atoms with E-state index in [2.05, 4.69) is 20.3 Å². The van der Waals surface area contributed by atoms with Crippen LogP contribution in [0.1, 0.15) is 11.1 Å². The average Bonchev–Trinajstić information content (AvgIpc) is 2.67. The zero-order valence-corrected chi connectivity index (χ0v) is 15.8. The predicted octanol–water partition coefficient (Wildman–Crippen LogP) is 2.31. The van der Waals surface area contributed by atoms with Crippen LogP contribution in [-0.2, 0) is 11.3 Å². The molecule has 1 heterocycles. The molecule has 0 aromatic heterocycles. The average molecular weight is 387 g/mol. The number of nitrogens with zero attached hydrogens (tertiary/aromatic N) is 3. The number of aromatic hydroxyl groups is 1. The number of phenolic OH excluding ortho intramolecular Hbond substituents is 1. The number of carbonyl (C=O) groups is 1. The van der Waals surface area contributed by atoms with Gasteiger partial charge in [-0.3, -0.25) is 14.6 Å². The van der Waals surface area contributed by atoms with Gasteiger partial charge in [-0.1, -0.05) is 29.8 Å². The van der Waals surface area contributed by atoms with Crippen molar-refractivity contribution < 1.29 is 9.90 Å². The summed E-state index contributed by atoms with van der Waals surface area (Å²) in [5.41, 5.74) is 4.49. The Kier molecular flexibility index (Phi) is 6.81. The van der Waals surface area contributed by atoms with E-state index in [1.807, 2.05) is 24.3 Å². The lowest BCUT2D eigenvalue weighted by molar-refractivity contribution is -0.122. The number of rotatable bonds is 6. The molecule has 2 aromatic rings. The molecule has 0 bridgehead atoms. The Hall–Kier alpha value is -2.41. The van der Waals surface area contributed by atoms with Crippen molar-refractivity contribution >= 4 is 23.7 Å². The maximum Gasteiger partial charge on any atom is 0.254 e. The van der Waals surface area contributed by atoms with E-state index in [0.29, 0.717) is 6.54 Å². The van der Waals surface area contributed by atoms with Crippen molar-refractivity contribution in [3.63, 3.8) is 0 Å². The minimum Gasteiger partial charge on any atom is -0.508 e. The third-order valence-corrected chi connectivity index (χ3v) is 4.85. The van der Waals surface area contributed by atoms with E-state index < -0.39 is 0 Å². The van der Waals surface area contributed by atoms with Gasteiger partial charge in [0.1, 0.15) is 5.75 Å². The Bertz CT molecular complexity index is 787. The Balaban J connectivity index is 1.39. The topological polar surface area (TPSA) is 68.2 Å². The van der Waals surface area contributed by atoms with Crippen LogP contribution in [0.15, 0.2) is 53.6 Å². The first-order valence-electron chi connectivity index (χ1n) is 8.89. The summed E-state index contributed by atoms with van der Waals surface area (Å²) in [7, 11) is 0. The molecular formula is C20H23ClN4O2. The number of halogens is 1. The van der Waals surface area contributed by atoms with E-state index in [0.717, 1.165) is 48.9 Å². The van der Waals surface area contributed by atoms with Gasteiger partial charge in [0.05, 0.1) is 12.8 Å². The number of carbonyl (C=O) groups excluding carboxylic acids is 1. The van der Waals surface area contributed by atoms with Gasteiger partial charge in [0.15, 0.2) is 0 Å². The molecule has 6 nitrogen and oxygen atoms in total. The molecule has 0 saturated carbocycles. The largest absolute Gasteiger partial charge is 0.508 e. The van der Waals surface area contributed by atoms with Gasteiger partial charge in [0.25, 0.3) is 5.91 Å². The van der Waals surface area contributed by atoms with Crippen molar-refractivity contribution in [1.29, 1.82) is 0 Å². The van der Waals surface area contributed by atoms with E-state index >= 15 is 0 Å². The number of piperazine rings is 1. The van der Waals surface area contributed by atoms with Crippen LogP contribution in [0.5, 0.6) is 5.75 Å². The van der Waals surface area contributed by atoms with Crippen molar-refractivity contribution in [2.75, 3.05) is 32.7 Å². The molecule has 0 unspecified atom stereocenters. The first-order valence-corrected chi connectivity index (χ1v) is 9.27. The molecule has 1 aliphatic rings. The molecule has 0 atom stereocenters. The van der Waals surface area contributed by atoms with Gasteiger partial charge in [-0.15, -0.1) is 0 Å². The summed E-state index contributed by atoms with van der Waals surface area (Å²) < 4.78 is 0. The van der Waals surface area contributed by atoms with E-state index in [4.69, 9.17) is 11.6 Å². The Morgan fingerprint density at radius 3 is 2.44 bits per heavy atom. The summed E-state index contributed by atoms with van der Waals surface area (Å²) in [6.07, 6.45) is 1.55. The zero-order chi connectivity index (χ0) is 19.1. The fourth-order valence-electron chi connectivity index (χ4n) is 2.95. The number of phenols is 1. The van der Waals surface area contributed by atoms with Crippen LogP contribution in [0.25, 0.3) is 0 Å². The monoisotopic (exact) mass is 386 g/mol. The number of hydrazone groups is 1. The summed E-state index contributed by atoms with van der Waals surface area (Å²) >= 11 is 6.23. The van der Waals surface area contributed by atoms with E-state index in [1.165, 1.54) is 0 Å². The minimum atomic E-state index is -0.135.